The van der Waals surface area contributed by atoms with Gasteiger partial charge < -0.3 is 14.8 Å². The molecule has 0 aromatic heterocycles. The van der Waals surface area contributed by atoms with Crippen molar-refractivity contribution >= 4 is 11.6 Å². The Morgan fingerprint density at radius 1 is 1.44 bits per heavy atom. The number of nitrogens with one attached hydrogen (secondary N) is 1. The third-order valence-electron chi connectivity index (χ3n) is 2.56. The summed E-state index contributed by atoms with van der Waals surface area (Å²) < 4.78 is 10.3. The van der Waals surface area contributed by atoms with E-state index >= 15 is 0 Å². The van der Waals surface area contributed by atoms with Crippen LogP contribution >= 0.6 is 11.6 Å². The first-order chi connectivity index (χ1) is 8.71. The number of hydrogen-bond donors (Lipinski definition) is 1. The third-order valence-corrected chi connectivity index (χ3v) is 2.91. The van der Waals surface area contributed by atoms with E-state index in [9.17, 15) is 0 Å². The molecule has 1 rings (SSSR count). The molecule has 0 fully saturated rings. The zero-order valence-electron chi connectivity index (χ0n) is 10.6. The van der Waals surface area contributed by atoms with E-state index < -0.39 is 0 Å². The Morgan fingerprint density at radius 2 is 2.22 bits per heavy atom. The molecule has 0 radical (unpaired) electrons. The summed E-state index contributed by atoms with van der Waals surface area (Å²) >= 11 is 6.07. The molecule has 0 aliphatic carbocycles. The molecule has 0 saturated heterocycles. The van der Waals surface area contributed by atoms with Crippen LogP contribution in [0.3, 0.4) is 0 Å². The number of ether oxygens (including phenoxy) is 2. The number of nitriles is 1. The van der Waals surface area contributed by atoms with E-state index in [1.807, 2.05) is 6.07 Å². The van der Waals surface area contributed by atoms with Gasteiger partial charge >= 0.3 is 0 Å². The lowest BCUT2D eigenvalue weighted by molar-refractivity contribution is 0.0288. The lowest BCUT2D eigenvalue weighted by Gasteiger charge is -2.15. The molecule has 1 unspecified atom stereocenters. The van der Waals surface area contributed by atoms with Gasteiger partial charge in [-0.1, -0.05) is 17.7 Å². The van der Waals surface area contributed by atoms with Crippen LogP contribution in [0.15, 0.2) is 18.2 Å². The highest BCUT2D eigenvalue weighted by atomic mass is 35.5. The molecule has 0 spiro atoms. The Morgan fingerprint density at radius 3 is 2.78 bits per heavy atom. The number of halogens is 1. The maximum Gasteiger partial charge on any atom is 0.0992 e. The minimum atomic E-state index is 0.0205. The zero-order chi connectivity index (χ0) is 13.4. The molecule has 0 aliphatic rings. The SMILES string of the molecule is COCC(CNCc1ccc(C#N)cc1Cl)OC. The summed E-state index contributed by atoms with van der Waals surface area (Å²) in [5.41, 5.74) is 1.53. The summed E-state index contributed by atoms with van der Waals surface area (Å²) in [5, 5.41) is 12.6. The maximum atomic E-state index is 8.74. The van der Waals surface area contributed by atoms with Crippen LogP contribution in [-0.4, -0.2) is 33.5 Å². The molecular weight excluding hydrogens is 252 g/mol. The fourth-order valence-corrected chi connectivity index (χ4v) is 1.77. The van der Waals surface area contributed by atoms with Gasteiger partial charge in [0.1, 0.15) is 0 Å². The molecule has 0 amide bonds. The Hall–Kier alpha value is -1.12. The van der Waals surface area contributed by atoms with Crippen LogP contribution in [0.25, 0.3) is 0 Å². The standard InChI is InChI=1S/C13H17ClN2O2/c1-17-9-12(18-2)8-16-7-11-4-3-10(6-15)5-13(11)14/h3-5,12,16H,7-9H2,1-2H3. The zero-order valence-corrected chi connectivity index (χ0v) is 11.3. The first-order valence-corrected chi connectivity index (χ1v) is 6.00. The Kier molecular flexibility index (Phi) is 6.69. The van der Waals surface area contributed by atoms with Gasteiger partial charge in [0, 0.05) is 32.3 Å². The van der Waals surface area contributed by atoms with Crippen molar-refractivity contribution in [2.75, 3.05) is 27.4 Å². The van der Waals surface area contributed by atoms with E-state index in [2.05, 4.69) is 11.4 Å². The second kappa shape index (κ2) is 8.06. The van der Waals surface area contributed by atoms with Crippen molar-refractivity contribution in [1.29, 1.82) is 5.26 Å². The predicted molar refractivity (Wildman–Crippen MR) is 70.5 cm³/mol. The van der Waals surface area contributed by atoms with Crippen LogP contribution in [0.4, 0.5) is 0 Å². The molecular formula is C13H17ClN2O2. The lowest BCUT2D eigenvalue weighted by Crippen LogP contribution is -2.31. The molecule has 0 bridgehead atoms. The second-order valence-electron chi connectivity index (χ2n) is 3.86. The van der Waals surface area contributed by atoms with Gasteiger partial charge in [0.2, 0.25) is 0 Å². The second-order valence-corrected chi connectivity index (χ2v) is 4.27. The molecule has 1 aromatic rings. The minimum absolute atomic E-state index is 0.0205. The van der Waals surface area contributed by atoms with Crippen LogP contribution in [-0.2, 0) is 16.0 Å². The van der Waals surface area contributed by atoms with Gasteiger partial charge in [0.15, 0.2) is 0 Å². The third kappa shape index (κ3) is 4.63. The first-order valence-electron chi connectivity index (χ1n) is 5.62. The van der Waals surface area contributed by atoms with Crippen molar-refractivity contribution in [2.24, 2.45) is 0 Å². The molecule has 98 valence electrons. The first kappa shape index (κ1) is 14.9. The highest BCUT2D eigenvalue weighted by molar-refractivity contribution is 6.31. The molecule has 0 heterocycles. The van der Waals surface area contributed by atoms with Crippen molar-refractivity contribution in [1.82, 2.24) is 5.32 Å². The Labute approximate surface area is 112 Å². The largest absolute Gasteiger partial charge is 0.382 e. The van der Waals surface area contributed by atoms with Gasteiger partial charge in [0.25, 0.3) is 0 Å². The highest BCUT2D eigenvalue weighted by Crippen LogP contribution is 2.17. The van der Waals surface area contributed by atoms with Gasteiger partial charge in [-0.05, 0) is 17.7 Å². The molecule has 4 nitrogen and oxygen atoms in total. The summed E-state index contributed by atoms with van der Waals surface area (Å²) in [7, 11) is 3.30. The fraction of sp³-hybridized carbons (Fsp3) is 0.462. The van der Waals surface area contributed by atoms with Crippen molar-refractivity contribution < 1.29 is 9.47 Å². The van der Waals surface area contributed by atoms with Crippen LogP contribution in [0.2, 0.25) is 5.02 Å². The van der Waals surface area contributed by atoms with Gasteiger partial charge in [-0.15, -0.1) is 0 Å². The van der Waals surface area contributed by atoms with E-state index in [1.54, 1.807) is 26.4 Å². The number of hydrogen-bond acceptors (Lipinski definition) is 4. The molecule has 1 N–H and O–H groups in total. The smallest absolute Gasteiger partial charge is 0.0992 e. The monoisotopic (exact) mass is 268 g/mol. The number of benzene rings is 1. The summed E-state index contributed by atoms with van der Waals surface area (Å²) in [6.07, 6.45) is 0.0205. The fourth-order valence-electron chi connectivity index (χ4n) is 1.52. The summed E-state index contributed by atoms with van der Waals surface area (Å²) in [4.78, 5) is 0. The number of methoxy groups -OCH3 is 2. The topological polar surface area (TPSA) is 54.3 Å². The summed E-state index contributed by atoms with van der Waals surface area (Å²) in [6.45, 7) is 1.86. The van der Waals surface area contributed by atoms with Gasteiger partial charge in [0.05, 0.1) is 24.3 Å². The molecule has 1 aromatic carbocycles. The Bertz CT molecular complexity index is 418. The van der Waals surface area contributed by atoms with Crippen molar-refractivity contribution in [3.05, 3.63) is 34.3 Å². The normalized spacial score (nSPS) is 12.1. The number of nitrogens with zero attached hydrogens (tertiary/aromatic N) is 1. The van der Waals surface area contributed by atoms with Gasteiger partial charge in [-0.25, -0.2) is 0 Å². The van der Waals surface area contributed by atoms with Crippen molar-refractivity contribution in [3.63, 3.8) is 0 Å². The highest BCUT2D eigenvalue weighted by Gasteiger charge is 2.07. The van der Waals surface area contributed by atoms with Crippen LogP contribution in [0.5, 0.6) is 0 Å². The molecule has 5 heteroatoms. The van der Waals surface area contributed by atoms with Crippen LogP contribution in [0.1, 0.15) is 11.1 Å². The molecule has 18 heavy (non-hydrogen) atoms. The molecule has 1 atom stereocenters. The molecule has 0 aliphatic heterocycles. The lowest BCUT2D eigenvalue weighted by atomic mass is 10.1. The predicted octanol–water partition coefficient (Wildman–Crippen LogP) is 1.96. The summed E-state index contributed by atoms with van der Waals surface area (Å²) in [6, 6.07) is 7.33. The maximum absolute atomic E-state index is 8.74. The van der Waals surface area contributed by atoms with Gasteiger partial charge in [-0.3, -0.25) is 0 Å². The number of rotatable bonds is 7. The average Bonchev–Trinajstić information content (AvgIpc) is 2.39. The van der Waals surface area contributed by atoms with E-state index in [0.717, 1.165) is 5.56 Å². The van der Waals surface area contributed by atoms with Crippen LogP contribution < -0.4 is 5.32 Å². The van der Waals surface area contributed by atoms with E-state index in [-0.39, 0.29) is 6.10 Å². The van der Waals surface area contributed by atoms with Crippen molar-refractivity contribution in [3.8, 4) is 6.07 Å². The Balaban J connectivity index is 2.46. The van der Waals surface area contributed by atoms with E-state index in [0.29, 0.717) is 30.3 Å². The summed E-state index contributed by atoms with van der Waals surface area (Å²) in [5.74, 6) is 0. The molecule has 0 saturated carbocycles. The average molecular weight is 269 g/mol. The van der Waals surface area contributed by atoms with Crippen molar-refractivity contribution in [2.45, 2.75) is 12.6 Å². The quantitative estimate of drug-likeness (QED) is 0.821. The van der Waals surface area contributed by atoms with E-state index in [4.69, 9.17) is 26.3 Å². The minimum Gasteiger partial charge on any atom is -0.382 e. The van der Waals surface area contributed by atoms with E-state index in [1.165, 1.54) is 0 Å². The van der Waals surface area contributed by atoms with Crippen LogP contribution in [0, 0.1) is 11.3 Å². The van der Waals surface area contributed by atoms with Gasteiger partial charge in [-0.2, -0.15) is 5.26 Å².